The van der Waals surface area contributed by atoms with E-state index in [0.29, 0.717) is 30.5 Å². The van der Waals surface area contributed by atoms with Gasteiger partial charge in [-0.05, 0) is 38.6 Å². The molecule has 3 rings (SSSR count). The van der Waals surface area contributed by atoms with Crippen LogP contribution in [0, 0.1) is 0 Å². The van der Waals surface area contributed by atoms with Crippen molar-refractivity contribution in [2.45, 2.75) is 32.0 Å². The SMILES string of the molecule is C[C@@H](Oc1ccccc1)C(=O)N1CC[C@H](N(C)Cc2nccc(N)n2)C1. The molecule has 1 aromatic heterocycles. The summed E-state index contributed by atoms with van der Waals surface area (Å²) in [4.78, 5) is 25.2. The van der Waals surface area contributed by atoms with Crippen molar-refractivity contribution in [3.8, 4) is 5.75 Å². The van der Waals surface area contributed by atoms with Gasteiger partial charge in [0.25, 0.3) is 5.91 Å². The number of aromatic nitrogens is 2. The van der Waals surface area contributed by atoms with Crippen LogP contribution in [0.25, 0.3) is 0 Å². The zero-order chi connectivity index (χ0) is 18.5. The van der Waals surface area contributed by atoms with Crippen LogP contribution in [0.1, 0.15) is 19.2 Å². The minimum Gasteiger partial charge on any atom is -0.481 e. The van der Waals surface area contributed by atoms with Gasteiger partial charge in [0.15, 0.2) is 6.10 Å². The summed E-state index contributed by atoms with van der Waals surface area (Å²) in [5.41, 5.74) is 5.71. The first-order valence-electron chi connectivity index (χ1n) is 8.81. The average Bonchev–Trinajstić information content (AvgIpc) is 3.12. The van der Waals surface area contributed by atoms with Gasteiger partial charge in [-0.1, -0.05) is 18.2 Å². The van der Waals surface area contributed by atoms with Crippen molar-refractivity contribution in [1.82, 2.24) is 19.8 Å². The summed E-state index contributed by atoms with van der Waals surface area (Å²) in [6, 6.07) is 11.4. The second kappa shape index (κ2) is 8.14. The molecule has 1 aromatic carbocycles. The summed E-state index contributed by atoms with van der Waals surface area (Å²) in [6.45, 7) is 3.81. The molecule has 0 aliphatic carbocycles. The van der Waals surface area contributed by atoms with Crippen LogP contribution < -0.4 is 10.5 Å². The topological polar surface area (TPSA) is 84.6 Å². The van der Waals surface area contributed by atoms with Gasteiger partial charge in [-0.3, -0.25) is 9.69 Å². The van der Waals surface area contributed by atoms with Crippen molar-refractivity contribution in [3.63, 3.8) is 0 Å². The van der Waals surface area contributed by atoms with Crippen LogP contribution in [0.4, 0.5) is 5.82 Å². The second-order valence-electron chi connectivity index (χ2n) is 6.61. The molecule has 2 aromatic rings. The third-order valence-corrected chi connectivity index (χ3v) is 4.62. The lowest BCUT2D eigenvalue weighted by atomic mass is 10.2. The zero-order valence-electron chi connectivity index (χ0n) is 15.2. The molecule has 138 valence electrons. The lowest BCUT2D eigenvalue weighted by Crippen LogP contribution is -2.41. The Bertz CT molecular complexity index is 740. The van der Waals surface area contributed by atoms with Gasteiger partial charge in [-0.15, -0.1) is 0 Å². The number of rotatable bonds is 6. The molecule has 1 aliphatic heterocycles. The number of likely N-dealkylation sites (tertiary alicyclic amines) is 1. The predicted molar refractivity (Wildman–Crippen MR) is 99.4 cm³/mol. The van der Waals surface area contributed by atoms with Gasteiger partial charge in [0.1, 0.15) is 17.4 Å². The van der Waals surface area contributed by atoms with E-state index in [1.54, 1.807) is 19.2 Å². The predicted octanol–water partition coefficient (Wildman–Crippen LogP) is 1.56. The maximum atomic E-state index is 12.7. The van der Waals surface area contributed by atoms with Gasteiger partial charge in [-0.2, -0.15) is 0 Å². The van der Waals surface area contributed by atoms with Crippen LogP contribution in [0.2, 0.25) is 0 Å². The van der Waals surface area contributed by atoms with Crippen molar-refractivity contribution in [2.75, 3.05) is 25.9 Å². The summed E-state index contributed by atoms with van der Waals surface area (Å²) < 4.78 is 5.75. The Balaban J connectivity index is 1.53. The number of amides is 1. The Hall–Kier alpha value is -2.67. The fraction of sp³-hybridized carbons (Fsp3) is 0.421. The number of benzene rings is 1. The van der Waals surface area contributed by atoms with Gasteiger partial charge in [0.05, 0.1) is 6.54 Å². The van der Waals surface area contributed by atoms with Crippen molar-refractivity contribution in [3.05, 3.63) is 48.4 Å². The Morgan fingerprint density at radius 1 is 1.38 bits per heavy atom. The molecule has 1 amide bonds. The van der Waals surface area contributed by atoms with E-state index in [2.05, 4.69) is 14.9 Å². The van der Waals surface area contributed by atoms with Gasteiger partial charge in [-0.25, -0.2) is 9.97 Å². The van der Waals surface area contributed by atoms with E-state index < -0.39 is 6.10 Å². The number of para-hydroxylation sites is 1. The van der Waals surface area contributed by atoms with Gasteiger partial charge < -0.3 is 15.4 Å². The van der Waals surface area contributed by atoms with Crippen LogP contribution >= 0.6 is 0 Å². The molecule has 1 fully saturated rings. The van der Waals surface area contributed by atoms with Crippen molar-refractivity contribution in [1.29, 1.82) is 0 Å². The summed E-state index contributed by atoms with van der Waals surface area (Å²) in [5.74, 6) is 1.89. The molecule has 2 N–H and O–H groups in total. The summed E-state index contributed by atoms with van der Waals surface area (Å²) in [6.07, 6.45) is 2.08. The zero-order valence-corrected chi connectivity index (χ0v) is 15.2. The molecule has 0 saturated carbocycles. The molecule has 1 aliphatic rings. The fourth-order valence-electron chi connectivity index (χ4n) is 3.16. The van der Waals surface area contributed by atoms with E-state index >= 15 is 0 Å². The molecule has 1 saturated heterocycles. The fourth-order valence-corrected chi connectivity index (χ4v) is 3.16. The third kappa shape index (κ3) is 4.49. The number of nitrogens with zero attached hydrogens (tertiary/aromatic N) is 4. The highest BCUT2D eigenvalue weighted by Gasteiger charge is 2.32. The molecule has 0 unspecified atom stereocenters. The van der Waals surface area contributed by atoms with Crippen LogP contribution in [0.5, 0.6) is 5.75 Å². The van der Waals surface area contributed by atoms with Gasteiger partial charge in [0.2, 0.25) is 0 Å². The number of hydrogen-bond donors (Lipinski definition) is 1. The molecular formula is C19H25N5O2. The second-order valence-corrected chi connectivity index (χ2v) is 6.61. The number of hydrogen-bond acceptors (Lipinski definition) is 6. The minimum absolute atomic E-state index is 0.0185. The minimum atomic E-state index is -0.501. The Kier molecular flexibility index (Phi) is 5.68. The normalized spacial score (nSPS) is 18.1. The first-order valence-corrected chi connectivity index (χ1v) is 8.81. The number of anilines is 1. The maximum absolute atomic E-state index is 12.7. The molecule has 7 heteroatoms. The van der Waals surface area contributed by atoms with E-state index in [4.69, 9.17) is 10.5 Å². The molecule has 0 bridgehead atoms. The molecule has 2 atom stereocenters. The molecule has 0 radical (unpaired) electrons. The lowest BCUT2D eigenvalue weighted by Gasteiger charge is -2.25. The highest BCUT2D eigenvalue weighted by molar-refractivity contribution is 5.81. The van der Waals surface area contributed by atoms with Crippen LogP contribution in [-0.4, -0.2) is 58.0 Å². The average molecular weight is 355 g/mol. The van der Waals surface area contributed by atoms with E-state index in [0.717, 1.165) is 13.0 Å². The highest BCUT2D eigenvalue weighted by Crippen LogP contribution is 2.19. The molecule has 7 nitrogen and oxygen atoms in total. The number of carbonyl (C=O) groups is 1. The molecule has 26 heavy (non-hydrogen) atoms. The third-order valence-electron chi connectivity index (χ3n) is 4.62. The molecular weight excluding hydrogens is 330 g/mol. The molecule has 0 spiro atoms. The van der Waals surface area contributed by atoms with E-state index in [1.807, 2.05) is 42.3 Å². The monoisotopic (exact) mass is 355 g/mol. The lowest BCUT2D eigenvalue weighted by molar-refractivity contribution is -0.137. The number of nitrogens with two attached hydrogens (primary N) is 1. The van der Waals surface area contributed by atoms with E-state index in [-0.39, 0.29) is 11.9 Å². The molecule has 2 heterocycles. The standard InChI is InChI=1S/C19H25N5O2/c1-14(26-16-6-4-3-5-7-16)19(25)24-11-9-15(12-24)23(2)13-18-21-10-8-17(20)22-18/h3-8,10,14-15H,9,11-13H2,1-2H3,(H2,20,21,22)/t14-,15+/m1/s1. The van der Waals surface area contributed by atoms with Crippen LogP contribution in [0.15, 0.2) is 42.6 Å². The van der Waals surface area contributed by atoms with Gasteiger partial charge in [0, 0.05) is 25.3 Å². The number of carbonyl (C=O) groups excluding carboxylic acids is 1. The van der Waals surface area contributed by atoms with Gasteiger partial charge >= 0.3 is 0 Å². The number of likely N-dealkylation sites (N-methyl/N-ethyl adjacent to an activating group) is 1. The van der Waals surface area contributed by atoms with E-state index in [9.17, 15) is 4.79 Å². The number of ether oxygens (including phenoxy) is 1. The Morgan fingerprint density at radius 2 is 2.15 bits per heavy atom. The van der Waals surface area contributed by atoms with Crippen LogP contribution in [-0.2, 0) is 11.3 Å². The van der Waals surface area contributed by atoms with Crippen molar-refractivity contribution >= 4 is 11.7 Å². The van der Waals surface area contributed by atoms with E-state index in [1.165, 1.54) is 0 Å². The highest BCUT2D eigenvalue weighted by atomic mass is 16.5. The number of nitrogen functional groups attached to an aromatic ring is 1. The first-order chi connectivity index (χ1) is 12.5. The smallest absolute Gasteiger partial charge is 0.263 e. The maximum Gasteiger partial charge on any atom is 0.263 e. The van der Waals surface area contributed by atoms with Crippen molar-refractivity contribution < 1.29 is 9.53 Å². The largest absolute Gasteiger partial charge is 0.481 e. The summed E-state index contributed by atoms with van der Waals surface area (Å²) in [5, 5.41) is 0. The summed E-state index contributed by atoms with van der Waals surface area (Å²) in [7, 11) is 2.02. The Morgan fingerprint density at radius 3 is 2.88 bits per heavy atom. The first kappa shape index (κ1) is 18.1. The Labute approximate surface area is 153 Å². The van der Waals surface area contributed by atoms with Crippen molar-refractivity contribution in [2.24, 2.45) is 0 Å². The van der Waals surface area contributed by atoms with Crippen LogP contribution in [0.3, 0.4) is 0 Å². The summed E-state index contributed by atoms with van der Waals surface area (Å²) >= 11 is 0. The quantitative estimate of drug-likeness (QED) is 0.846.